The molecular formula is C33H42N4O3. The molecule has 7 heteroatoms. The topological polar surface area (TPSA) is 67.7 Å². The van der Waals surface area contributed by atoms with E-state index in [-0.39, 0.29) is 17.9 Å². The van der Waals surface area contributed by atoms with Crippen molar-refractivity contribution in [2.75, 3.05) is 26.2 Å². The highest BCUT2D eigenvalue weighted by Crippen LogP contribution is 2.35. The number of aromatic nitrogens is 2. The van der Waals surface area contributed by atoms with Crippen molar-refractivity contribution < 1.29 is 14.3 Å². The molecule has 2 aliphatic heterocycles. The number of amides is 2. The fraction of sp³-hybridized carbons (Fsp3) is 0.485. The van der Waals surface area contributed by atoms with Crippen LogP contribution in [0.3, 0.4) is 0 Å². The van der Waals surface area contributed by atoms with Gasteiger partial charge in [-0.05, 0) is 89.6 Å². The summed E-state index contributed by atoms with van der Waals surface area (Å²) in [5.41, 5.74) is 7.02. The molecule has 3 heterocycles. The minimum atomic E-state index is -0.526. The average Bonchev–Trinajstić information content (AvgIpc) is 3.58. The number of hydrogen-bond donors (Lipinski definition) is 0. The van der Waals surface area contributed by atoms with Gasteiger partial charge >= 0.3 is 6.09 Å². The van der Waals surface area contributed by atoms with Crippen molar-refractivity contribution >= 4 is 12.0 Å². The van der Waals surface area contributed by atoms with Gasteiger partial charge in [0.25, 0.3) is 5.91 Å². The Morgan fingerprint density at radius 1 is 0.850 bits per heavy atom. The van der Waals surface area contributed by atoms with E-state index >= 15 is 0 Å². The largest absolute Gasteiger partial charge is 0.444 e. The number of rotatable bonds is 4. The third kappa shape index (κ3) is 5.93. The average molecular weight is 543 g/mol. The number of nitrogens with zero attached hydrogens (tertiary/aromatic N) is 4. The lowest BCUT2D eigenvalue weighted by molar-refractivity contribution is 0.0203. The Bertz CT molecular complexity index is 1380. The molecule has 2 fully saturated rings. The van der Waals surface area contributed by atoms with Crippen LogP contribution in [0.2, 0.25) is 0 Å². The molecular weight excluding hydrogens is 500 g/mol. The molecule has 0 spiro atoms. The highest BCUT2D eigenvalue weighted by Gasteiger charge is 2.35. The van der Waals surface area contributed by atoms with Crippen LogP contribution in [-0.4, -0.2) is 63.4 Å². The maximum atomic E-state index is 14.0. The summed E-state index contributed by atoms with van der Waals surface area (Å²) in [5.74, 6) is 0.506. The van der Waals surface area contributed by atoms with Gasteiger partial charge in [-0.1, -0.05) is 35.9 Å². The van der Waals surface area contributed by atoms with Crippen molar-refractivity contribution in [2.24, 2.45) is 0 Å². The minimum absolute atomic E-state index is 0.0502. The first-order chi connectivity index (χ1) is 19.0. The first kappa shape index (κ1) is 27.9. The van der Waals surface area contributed by atoms with Crippen LogP contribution in [0.4, 0.5) is 4.79 Å². The van der Waals surface area contributed by atoms with Crippen LogP contribution in [0.1, 0.15) is 90.2 Å². The Morgan fingerprint density at radius 2 is 1.50 bits per heavy atom. The lowest BCUT2D eigenvalue weighted by Gasteiger charge is -2.34. The van der Waals surface area contributed by atoms with E-state index in [1.54, 1.807) is 11.1 Å². The Balaban J connectivity index is 1.41. The maximum absolute atomic E-state index is 14.0. The summed E-state index contributed by atoms with van der Waals surface area (Å²) in [6.45, 7) is 14.6. The van der Waals surface area contributed by atoms with Crippen molar-refractivity contribution in [1.82, 2.24) is 19.6 Å². The molecule has 3 aromatic rings. The minimum Gasteiger partial charge on any atom is -0.444 e. The molecule has 0 saturated carbocycles. The van der Waals surface area contributed by atoms with E-state index in [0.29, 0.717) is 31.1 Å². The van der Waals surface area contributed by atoms with E-state index in [2.05, 4.69) is 63.2 Å². The monoisotopic (exact) mass is 542 g/mol. The van der Waals surface area contributed by atoms with Crippen molar-refractivity contribution in [3.8, 4) is 5.69 Å². The van der Waals surface area contributed by atoms with Crippen LogP contribution in [0.5, 0.6) is 0 Å². The van der Waals surface area contributed by atoms with Crippen LogP contribution in [0.25, 0.3) is 5.69 Å². The van der Waals surface area contributed by atoms with Crippen LogP contribution in [-0.2, 0) is 4.74 Å². The smallest absolute Gasteiger partial charge is 0.410 e. The maximum Gasteiger partial charge on any atom is 0.410 e. The molecule has 0 radical (unpaired) electrons. The van der Waals surface area contributed by atoms with Gasteiger partial charge in [0, 0.05) is 38.0 Å². The molecule has 7 nitrogen and oxygen atoms in total. The first-order valence-corrected chi connectivity index (χ1v) is 14.5. The molecule has 5 rings (SSSR count). The Labute approximate surface area is 238 Å². The zero-order chi connectivity index (χ0) is 28.6. The van der Waals surface area contributed by atoms with Crippen LogP contribution in [0.15, 0.2) is 48.7 Å². The summed E-state index contributed by atoms with van der Waals surface area (Å²) >= 11 is 0. The number of benzene rings is 2. The number of likely N-dealkylation sites (tertiary alicyclic amines) is 2. The molecule has 212 valence electrons. The lowest BCUT2D eigenvalue weighted by Crippen LogP contribution is -2.41. The molecule has 0 bridgehead atoms. The number of hydrogen-bond acceptors (Lipinski definition) is 4. The van der Waals surface area contributed by atoms with Gasteiger partial charge in [-0.15, -0.1) is 0 Å². The molecule has 2 aromatic carbocycles. The molecule has 2 saturated heterocycles. The second-order valence-electron chi connectivity index (χ2n) is 12.5. The van der Waals surface area contributed by atoms with Gasteiger partial charge in [-0.3, -0.25) is 4.79 Å². The summed E-state index contributed by atoms with van der Waals surface area (Å²) in [4.78, 5) is 30.5. The van der Waals surface area contributed by atoms with Gasteiger partial charge in [0.1, 0.15) is 5.60 Å². The highest BCUT2D eigenvalue weighted by atomic mass is 16.6. The van der Waals surface area contributed by atoms with Gasteiger partial charge < -0.3 is 14.5 Å². The van der Waals surface area contributed by atoms with Crippen molar-refractivity contribution in [3.63, 3.8) is 0 Å². The Kier molecular flexibility index (Phi) is 7.76. The van der Waals surface area contributed by atoms with Crippen molar-refractivity contribution in [2.45, 2.75) is 78.2 Å². The van der Waals surface area contributed by atoms with Gasteiger partial charge in [-0.25, -0.2) is 9.48 Å². The summed E-state index contributed by atoms with van der Waals surface area (Å²) in [6, 6.07) is 15.0. The highest BCUT2D eigenvalue weighted by molar-refractivity contribution is 5.95. The number of aryl methyl sites for hydroxylation is 3. The summed E-state index contributed by atoms with van der Waals surface area (Å²) in [7, 11) is 0. The standard InChI is InChI=1S/C33H42N4O3/c1-22-7-10-25(11-8-22)27-15-18-36(21-27)31(38)29-20-34-37(28-12-9-23(2)24(3)19-28)30(29)26-13-16-35(17-14-26)32(39)40-33(4,5)6/h7-12,19-20,26-27H,13-18,21H2,1-6H3/t27-/m0/s1. The number of ether oxygens (including phenoxy) is 1. The quantitative estimate of drug-likeness (QED) is 0.375. The van der Waals surface area contributed by atoms with Gasteiger partial charge in [-0.2, -0.15) is 5.10 Å². The lowest BCUT2D eigenvalue weighted by atomic mass is 9.90. The molecule has 2 aliphatic rings. The van der Waals surface area contributed by atoms with Crippen LogP contribution < -0.4 is 0 Å². The van der Waals surface area contributed by atoms with Crippen LogP contribution >= 0.6 is 0 Å². The number of carbonyl (C=O) groups excluding carboxylic acids is 2. The van der Waals surface area contributed by atoms with E-state index in [1.807, 2.05) is 30.4 Å². The van der Waals surface area contributed by atoms with E-state index in [9.17, 15) is 9.59 Å². The molecule has 1 atom stereocenters. The van der Waals surface area contributed by atoms with E-state index in [4.69, 9.17) is 9.84 Å². The van der Waals surface area contributed by atoms with Gasteiger partial charge in [0.2, 0.25) is 0 Å². The first-order valence-electron chi connectivity index (χ1n) is 14.5. The van der Waals surface area contributed by atoms with E-state index in [1.165, 1.54) is 22.3 Å². The van der Waals surface area contributed by atoms with Crippen molar-refractivity contribution in [1.29, 1.82) is 0 Å². The summed E-state index contributed by atoms with van der Waals surface area (Å²) < 4.78 is 7.57. The van der Waals surface area contributed by atoms with Crippen LogP contribution in [0, 0.1) is 20.8 Å². The second kappa shape index (κ2) is 11.1. The zero-order valence-electron chi connectivity index (χ0n) is 24.7. The second-order valence-corrected chi connectivity index (χ2v) is 12.5. The molecule has 0 unspecified atom stereocenters. The summed E-state index contributed by atoms with van der Waals surface area (Å²) in [5, 5.41) is 4.78. The predicted octanol–water partition coefficient (Wildman–Crippen LogP) is 6.54. The fourth-order valence-electron chi connectivity index (χ4n) is 5.87. The van der Waals surface area contributed by atoms with Crippen molar-refractivity contribution in [3.05, 3.63) is 82.2 Å². The zero-order valence-corrected chi connectivity index (χ0v) is 24.7. The molecule has 1 aromatic heterocycles. The number of carbonyl (C=O) groups is 2. The molecule has 0 aliphatic carbocycles. The Hall–Kier alpha value is -3.61. The Morgan fingerprint density at radius 3 is 2.15 bits per heavy atom. The molecule has 2 amide bonds. The van der Waals surface area contributed by atoms with Gasteiger partial charge in [0.15, 0.2) is 0 Å². The third-order valence-electron chi connectivity index (χ3n) is 8.33. The molecule has 40 heavy (non-hydrogen) atoms. The predicted molar refractivity (Wildman–Crippen MR) is 157 cm³/mol. The normalized spacial score (nSPS) is 18.3. The fourth-order valence-corrected chi connectivity index (χ4v) is 5.87. The summed E-state index contributed by atoms with van der Waals surface area (Å²) in [6.07, 6.45) is 3.95. The van der Waals surface area contributed by atoms with E-state index in [0.717, 1.165) is 37.2 Å². The molecule has 0 N–H and O–H groups in total. The SMILES string of the molecule is Cc1ccc([C@H]2CCN(C(=O)c3cnn(-c4ccc(C)c(C)c4)c3C3CCN(C(=O)OC(C)(C)C)CC3)C2)cc1. The van der Waals surface area contributed by atoms with Gasteiger partial charge in [0.05, 0.1) is 23.1 Å². The third-order valence-corrected chi connectivity index (χ3v) is 8.33. The number of piperidine rings is 1. The van der Waals surface area contributed by atoms with E-state index < -0.39 is 5.60 Å².